The van der Waals surface area contributed by atoms with Crippen LogP contribution in [0.15, 0.2) is 72.9 Å². The summed E-state index contributed by atoms with van der Waals surface area (Å²) in [6.07, 6.45) is 60.6. The highest BCUT2D eigenvalue weighted by molar-refractivity contribution is 7.45. The second-order valence-corrected chi connectivity index (χ2v) is 19.6. The Morgan fingerprint density at radius 2 is 0.921 bits per heavy atom. The maximum atomic E-state index is 12.7. The summed E-state index contributed by atoms with van der Waals surface area (Å²) in [6, 6.07) is 0. The van der Waals surface area contributed by atoms with Gasteiger partial charge in [-0.1, -0.05) is 189 Å². The Morgan fingerprint density at radius 3 is 1.40 bits per heavy atom. The predicted octanol–water partition coefficient (Wildman–Crippen LogP) is 15.2. The smallest absolute Gasteiger partial charge is 0.306 e. The van der Waals surface area contributed by atoms with E-state index in [9.17, 15) is 14.3 Å². The number of rotatable bonds is 47. The highest BCUT2D eigenvalue weighted by Gasteiger charge is 2.20. The third-order valence-electron chi connectivity index (χ3n) is 10.7. The molecule has 0 spiro atoms. The lowest BCUT2D eigenvalue weighted by Gasteiger charge is -2.28. The zero-order valence-electron chi connectivity index (χ0n) is 41.5. The largest absolute Gasteiger partial charge is 0.756 e. The topological polar surface area (TPSA) is 94.1 Å². The maximum absolute atomic E-state index is 12.7. The second kappa shape index (κ2) is 46.5. The molecule has 0 radical (unpaired) electrons. The molecule has 0 aromatic heterocycles. The number of nitrogens with zero attached hydrogens (tertiary/aromatic N) is 1. The molecule has 0 aliphatic heterocycles. The molecule has 0 heterocycles. The summed E-state index contributed by atoms with van der Waals surface area (Å²) in [5.41, 5.74) is 0. The molecule has 9 heteroatoms. The van der Waals surface area contributed by atoms with Gasteiger partial charge in [-0.05, 0) is 83.5 Å². The van der Waals surface area contributed by atoms with Gasteiger partial charge >= 0.3 is 5.97 Å². The van der Waals surface area contributed by atoms with Gasteiger partial charge in [0.15, 0.2) is 0 Å². The van der Waals surface area contributed by atoms with E-state index in [1.54, 1.807) is 0 Å². The molecule has 8 nitrogen and oxygen atoms in total. The van der Waals surface area contributed by atoms with Gasteiger partial charge in [0.05, 0.1) is 34.4 Å². The number of hydrogen-bond donors (Lipinski definition) is 0. The first-order valence-corrected chi connectivity index (χ1v) is 27.1. The van der Waals surface area contributed by atoms with E-state index in [0.717, 1.165) is 77.0 Å². The van der Waals surface area contributed by atoms with Gasteiger partial charge in [0.2, 0.25) is 0 Å². The van der Waals surface area contributed by atoms with Crippen LogP contribution in [0.1, 0.15) is 206 Å². The average molecular weight is 904 g/mol. The SMILES string of the molecule is CC/C=C\C/C=C\C/C=C\C/C=C\C/C=C\CCCCCCCCOCC(COP(=O)([O-])OCC[N+](C)(C)C)OC(=O)CCCCCCCCCCC/C=C\CCCCCCCC. The molecular weight excluding hydrogens is 806 g/mol. The quantitative estimate of drug-likeness (QED) is 0.0197. The van der Waals surface area contributed by atoms with Crippen LogP contribution in [-0.2, 0) is 27.9 Å². The van der Waals surface area contributed by atoms with E-state index in [-0.39, 0.29) is 25.8 Å². The zero-order chi connectivity index (χ0) is 46.2. The van der Waals surface area contributed by atoms with Crippen molar-refractivity contribution in [3.8, 4) is 0 Å². The Bertz CT molecular complexity index is 1230. The summed E-state index contributed by atoms with van der Waals surface area (Å²) < 4.78 is 34.7. The maximum Gasteiger partial charge on any atom is 0.306 e. The van der Waals surface area contributed by atoms with Crippen LogP contribution in [0.25, 0.3) is 0 Å². The molecule has 0 bridgehead atoms. The number of likely N-dealkylation sites (N-methyl/N-ethyl adjacent to an activating group) is 1. The minimum Gasteiger partial charge on any atom is -0.756 e. The molecule has 2 atom stereocenters. The number of esters is 1. The van der Waals surface area contributed by atoms with Crippen molar-refractivity contribution >= 4 is 13.8 Å². The molecule has 0 aromatic rings. The van der Waals surface area contributed by atoms with E-state index in [4.69, 9.17) is 18.5 Å². The Hall–Kier alpha value is -2.06. The Kier molecular flexibility index (Phi) is 44.9. The lowest BCUT2D eigenvalue weighted by atomic mass is 10.1. The van der Waals surface area contributed by atoms with E-state index in [0.29, 0.717) is 24.1 Å². The molecule has 0 aliphatic carbocycles. The Labute approximate surface area is 389 Å². The van der Waals surface area contributed by atoms with E-state index < -0.39 is 13.9 Å². The molecule has 0 amide bonds. The van der Waals surface area contributed by atoms with Crippen LogP contribution in [0.4, 0.5) is 0 Å². The van der Waals surface area contributed by atoms with Crippen molar-refractivity contribution in [1.82, 2.24) is 0 Å². The summed E-state index contributed by atoms with van der Waals surface area (Å²) in [4.78, 5) is 25.2. The van der Waals surface area contributed by atoms with E-state index in [2.05, 4.69) is 86.8 Å². The van der Waals surface area contributed by atoms with Gasteiger partial charge < -0.3 is 27.9 Å². The fourth-order valence-corrected chi connectivity index (χ4v) is 7.53. The van der Waals surface area contributed by atoms with Gasteiger partial charge in [-0.25, -0.2) is 0 Å². The fourth-order valence-electron chi connectivity index (χ4n) is 6.80. The van der Waals surface area contributed by atoms with E-state index >= 15 is 0 Å². The number of phosphoric acid groups is 1. The van der Waals surface area contributed by atoms with Crippen molar-refractivity contribution in [1.29, 1.82) is 0 Å². The number of unbranched alkanes of at least 4 members (excludes halogenated alkanes) is 21. The number of carbonyl (C=O) groups excluding carboxylic acids is 1. The van der Waals surface area contributed by atoms with Crippen LogP contribution in [0, 0.1) is 0 Å². The first-order chi connectivity index (χ1) is 30.6. The lowest BCUT2D eigenvalue weighted by Crippen LogP contribution is -2.37. The summed E-state index contributed by atoms with van der Waals surface area (Å²) in [6.45, 7) is 5.26. The van der Waals surface area contributed by atoms with Gasteiger partial charge in [0, 0.05) is 13.0 Å². The van der Waals surface area contributed by atoms with E-state index in [1.807, 2.05) is 21.1 Å². The molecule has 0 saturated heterocycles. The molecule has 0 fully saturated rings. The summed E-state index contributed by atoms with van der Waals surface area (Å²) in [5.74, 6) is -0.343. The van der Waals surface area contributed by atoms with Gasteiger partial charge in [-0.15, -0.1) is 0 Å². The summed E-state index contributed by atoms with van der Waals surface area (Å²) >= 11 is 0. The molecule has 366 valence electrons. The number of hydrogen-bond acceptors (Lipinski definition) is 7. The Morgan fingerprint density at radius 1 is 0.508 bits per heavy atom. The van der Waals surface area contributed by atoms with Crippen LogP contribution < -0.4 is 4.89 Å². The minimum atomic E-state index is -4.54. The zero-order valence-corrected chi connectivity index (χ0v) is 42.4. The monoisotopic (exact) mass is 904 g/mol. The number of quaternary nitrogens is 1. The molecule has 2 unspecified atom stereocenters. The Balaban J connectivity index is 4.20. The van der Waals surface area contributed by atoms with Crippen molar-refractivity contribution in [2.75, 3.05) is 54.1 Å². The predicted molar refractivity (Wildman–Crippen MR) is 268 cm³/mol. The van der Waals surface area contributed by atoms with Crippen LogP contribution in [-0.4, -0.2) is 70.7 Å². The molecule has 0 aliphatic rings. The fraction of sp³-hybridized carbons (Fsp3) is 0.759. The van der Waals surface area contributed by atoms with Crippen LogP contribution in [0.2, 0.25) is 0 Å². The molecule has 63 heavy (non-hydrogen) atoms. The van der Waals surface area contributed by atoms with Crippen molar-refractivity contribution in [3.63, 3.8) is 0 Å². The number of allylic oxidation sites excluding steroid dienone is 12. The third kappa shape index (κ3) is 50.8. The minimum absolute atomic E-state index is 0.0195. The molecule has 0 aromatic carbocycles. The van der Waals surface area contributed by atoms with Gasteiger partial charge in [-0.2, -0.15) is 0 Å². The highest BCUT2D eigenvalue weighted by atomic mass is 31.2. The van der Waals surface area contributed by atoms with Crippen molar-refractivity contribution < 1.29 is 37.3 Å². The van der Waals surface area contributed by atoms with Crippen LogP contribution in [0.5, 0.6) is 0 Å². The molecule has 0 saturated carbocycles. The van der Waals surface area contributed by atoms with Crippen molar-refractivity contribution in [2.24, 2.45) is 0 Å². The molecule has 0 rings (SSSR count). The highest BCUT2D eigenvalue weighted by Crippen LogP contribution is 2.38. The van der Waals surface area contributed by atoms with Gasteiger partial charge in [0.25, 0.3) is 7.82 Å². The third-order valence-corrected chi connectivity index (χ3v) is 11.7. The lowest BCUT2D eigenvalue weighted by molar-refractivity contribution is -0.870. The first kappa shape index (κ1) is 60.9. The number of phosphoric ester groups is 1. The molecular formula is C54H98NO7P. The van der Waals surface area contributed by atoms with Gasteiger partial charge in [-0.3, -0.25) is 9.36 Å². The average Bonchev–Trinajstić information content (AvgIpc) is 3.24. The van der Waals surface area contributed by atoms with Gasteiger partial charge in [0.1, 0.15) is 19.3 Å². The summed E-state index contributed by atoms with van der Waals surface area (Å²) in [5, 5.41) is 0. The van der Waals surface area contributed by atoms with Crippen LogP contribution in [0.3, 0.4) is 0 Å². The van der Waals surface area contributed by atoms with E-state index in [1.165, 1.54) is 109 Å². The van der Waals surface area contributed by atoms with Crippen molar-refractivity contribution in [2.45, 2.75) is 213 Å². The van der Waals surface area contributed by atoms with Crippen molar-refractivity contribution in [3.05, 3.63) is 72.9 Å². The number of carbonyl (C=O) groups is 1. The van der Waals surface area contributed by atoms with Crippen LogP contribution >= 0.6 is 7.82 Å². The normalized spacial score (nSPS) is 14.2. The second-order valence-electron chi connectivity index (χ2n) is 18.1. The molecule has 0 N–H and O–H groups in total. The summed E-state index contributed by atoms with van der Waals surface area (Å²) in [7, 11) is 1.34. The standard InChI is InChI=1S/C54H98NO7P/c1-6-8-10-12-14-16-18-20-22-24-26-27-28-30-32-34-36-38-40-42-44-46-49-59-51-53(52-61-63(57,58)60-50-48-55(3,4)5)62-54(56)47-45-43-41-39-37-35-33-31-29-25-23-21-19-17-15-13-11-9-7-2/h8,10,14,16,20-23,26-27,30,32,53H,6-7,9,11-13,15,17-19,24-25,28-29,31,33-52H2,1-5H3/b10-8-,16-14-,22-20-,23-21-,27-26-,32-30-. The first-order valence-electron chi connectivity index (χ1n) is 25.7. The number of ether oxygens (including phenoxy) is 2.